The summed E-state index contributed by atoms with van der Waals surface area (Å²) in [6.45, 7) is 2.07. The number of fused-ring (bicyclic) bond motifs is 5. The van der Waals surface area contributed by atoms with Crippen LogP contribution in [0.25, 0.3) is 22.6 Å². The first kappa shape index (κ1) is 8.47. The van der Waals surface area contributed by atoms with Crippen molar-refractivity contribution in [1.29, 1.82) is 0 Å². The fourth-order valence-corrected chi connectivity index (χ4v) is 3.15. The molecule has 0 amide bonds. The van der Waals surface area contributed by atoms with E-state index < -0.39 is 0 Å². The smallest absolute Gasteiger partial charge is 0.259 e. The topological polar surface area (TPSA) is 21.7 Å². The van der Waals surface area contributed by atoms with E-state index in [9.17, 15) is 0 Å². The van der Waals surface area contributed by atoms with E-state index in [4.69, 9.17) is 4.98 Å². The summed E-state index contributed by atoms with van der Waals surface area (Å²) in [5, 5.41) is 2.18. The van der Waals surface area contributed by atoms with Gasteiger partial charge in [-0.25, -0.2) is 4.98 Å². The molecule has 3 aromatic rings. The van der Waals surface area contributed by atoms with E-state index in [1.54, 1.807) is 11.3 Å². The van der Waals surface area contributed by atoms with E-state index in [1.165, 1.54) is 11.2 Å². The quantitative estimate of drug-likeness (QED) is 0.540. The minimum absolute atomic E-state index is 1.02. The number of hydrogen-bond acceptors (Lipinski definition) is 2. The monoisotopic (exact) mass is 228 g/mol. The van der Waals surface area contributed by atoms with Crippen LogP contribution in [-0.4, -0.2) is 9.55 Å². The molecule has 3 heterocycles. The first-order valence-corrected chi connectivity index (χ1v) is 6.29. The van der Waals surface area contributed by atoms with Crippen LogP contribution in [0, 0.1) is 0 Å². The van der Waals surface area contributed by atoms with Gasteiger partial charge in [-0.2, -0.15) is 4.57 Å². The lowest BCUT2D eigenvalue weighted by molar-refractivity contribution is -0.685. The summed E-state index contributed by atoms with van der Waals surface area (Å²) in [6.07, 6.45) is 0. The number of hydrogen-bond donors (Lipinski definition) is 0. The average Bonchev–Trinajstić information content (AvgIpc) is 2.92. The molecule has 0 saturated carbocycles. The lowest BCUT2D eigenvalue weighted by Gasteiger charge is -2.10. The Labute approximate surface area is 96.6 Å². The van der Waals surface area contributed by atoms with Gasteiger partial charge in [0.15, 0.2) is 6.54 Å². The molecule has 0 N–H and O–H groups in total. The number of aryl methyl sites for hydroxylation is 2. The lowest BCUT2D eigenvalue weighted by atomic mass is 10.3. The molecule has 16 heavy (non-hydrogen) atoms. The molecule has 0 fully saturated rings. The zero-order chi connectivity index (χ0) is 10.5. The minimum Gasteiger partial charge on any atom is -0.312 e. The van der Waals surface area contributed by atoms with Crippen LogP contribution < -0.4 is 4.57 Å². The van der Waals surface area contributed by atoms with Crippen molar-refractivity contribution in [3.8, 4) is 11.5 Å². The van der Waals surface area contributed by atoms with E-state index >= 15 is 0 Å². The Hall–Kier alpha value is -1.68. The highest BCUT2D eigenvalue weighted by molar-refractivity contribution is 7.07. The molecule has 4 heteroatoms. The van der Waals surface area contributed by atoms with Crippen LogP contribution in [0.3, 0.4) is 0 Å². The third-order valence-electron chi connectivity index (χ3n) is 3.13. The summed E-state index contributed by atoms with van der Waals surface area (Å²) in [6, 6.07) is 8.35. The molecule has 0 saturated heterocycles. The fraction of sp³-hybridized carbons (Fsp3) is 0.167. The standard InChI is InChI=1S/C12H10N3S/c1-2-4-10-9(3-1)13-12-11-7-16-8-14(11)5-6-15(10)12/h1-4,7-8H,5-6H2/q+1. The van der Waals surface area contributed by atoms with E-state index in [1.807, 2.05) is 6.07 Å². The Morgan fingerprint density at radius 1 is 1.31 bits per heavy atom. The zero-order valence-corrected chi connectivity index (χ0v) is 9.44. The maximum Gasteiger partial charge on any atom is 0.259 e. The molecular formula is C12H10N3S+. The van der Waals surface area contributed by atoms with Gasteiger partial charge in [0.25, 0.3) is 5.69 Å². The second-order valence-corrected chi connectivity index (χ2v) is 4.73. The third kappa shape index (κ3) is 0.971. The van der Waals surface area contributed by atoms with Crippen LogP contribution in [0.5, 0.6) is 0 Å². The second-order valence-electron chi connectivity index (χ2n) is 4.01. The van der Waals surface area contributed by atoms with Crippen molar-refractivity contribution in [3.05, 3.63) is 35.2 Å². The number of rotatable bonds is 0. The Balaban J connectivity index is 2.13. The molecule has 0 unspecified atom stereocenters. The largest absolute Gasteiger partial charge is 0.312 e. The molecule has 0 spiro atoms. The number of imidazole rings is 1. The van der Waals surface area contributed by atoms with Crippen molar-refractivity contribution in [2.45, 2.75) is 13.1 Å². The Morgan fingerprint density at radius 2 is 2.25 bits per heavy atom. The highest BCUT2D eigenvalue weighted by Crippen LogP contribution is 2.25. The van der Waals surface area contributed by atoms with Crippen LogP contribution in [0.4, 0.5) is 0 Å². The molecule has 4 rings (SSSR count). The average molecular weight is 228 g/mol. The zero-order valence-electron chi connectivity index (χ0n) is 8.63. The first-order chi connectivity index (χ1) is 7.93. The molecule has 1 aromatic carbocycles. The van der Waals surface area contributed by atoms with Crippen LogP contribution in [-0.2, 0) is 13.1 Å². The van der Waals surface area contributed by atoms with Crippen molar-refractivity contribution < 1.29 is 4.57 Å². The predicted octanol–water partition coefficient (Wildman–Crippen LogP) is 2.07. The normalized spacial score (nSPS) is 13.8. The molecule has 0 bridgehead atoms. The number of thiazole rings is 1. The molecule has 78 valence electrons. The highest BCUT2D eigenvalue weighted by Gasteiger charge is 2.26. The molecule has 0 aliphatic carbocycles. The van der Waals surface area contributed by atoms with Gasteiger partial charge < -0.3 is 4.57 Å². The van der Waals surface area contributed by atoms with Crippen LogP contribution in [0.2, 0.25) is 0 Å². The lowest BCUT2D eigenvalue weighted by Crippen LogP contribution is -2.39. The summed E-state index contributed by atoms with van der Waals surface area (Å²) < 4.78 is 4.60. The van der Waals surface area contributed by atoms with Gasteiger partial charge in [0.05, 0.1) is 23.0 Å². The third-order valence-corrected chi connectivity index (χ3v) is 3.86. The predicted molar refractivity (Wildman–Crippen MR) is 63.2 cm³/mol. The Morgan fingerprint density at radius 3 is 3.25 bits per heavy atom. The fourth-order valence-electron chi connectivity index (χ4n) is 2.35. The van der Waals surface area contributed by atoms with Crippen molar-refractivity contribution in [1.82, 2.24) is 9.55 Å². The van der Waals surface area contributed by atoms with E-state index in [2.05, 4.69) is 38.2 Å². The minimum atomic E-state index is 1.02. The second kappa shape index (κ2) is 2.92. The van der Waals surface area contributed by atoms with Crippen molar-refractivity contribution in [3.63, 3.8) is 0 Å². The molecular weight excluding hydrogens is 218 g/mol. The van der Waals surface area contributed by atoms with Crippen LogP contribution in [0.15, 0.2) is 35.2 Å². The van der Waals surface area contributed by atoms with Crippen molar-refractivity contribution in [2.24, 2.45) is 0 Å². The van der Waals surface area contributed by atoms with Gasteiger partial charge in [-0.1, -0.05) is 23.5 Å². The Bertz CT molecular complexity index is 680. The number of aromatic nitrogens is 3. The van der Waals surface area contributed by atoms with Gasteiger partial charge in [0, 0.05) is 0 Å². The van der Waals surface area contributed by atoms with Gasteiger partial charge in [0.2, 0.25) is 11.3 Å². The molecule has 1 aliphatic heterocycles. The first-order valence-electron chi connectivity index (χ1n) is 5.35. The molecule has 0 radical (unpaired) electrons. The number of benzene rings is 1. The van der Waals surface area contributed by atoms with Gasteiger partial charge in [-0.05, 0) is 12.1 Å². The van der Waals surface area contributed by atoms with E-state index in [0.29, 0.717) is 0 Å². The van der Waals surface area contributed by atoms with Crippen molar-refractivity contribution in [2.75, 3.05) is 0 Å². The van der Waals surface area contributed by atoms with Crippen LogP contribution >= 0.6 is 11.3 Å². The molecule has 0 atom stereocenters. The van der Waals surface area contributed by atoms with E-state index in [-0.39, 0.29) is 0 Å². The number of para-hydroxylation sites is 2. The van der Waals surface area contributed by atoms with Gasteiger partial charge in [-0.15, -0.1) is 0 Å². The molecule has 2 aromatic heterocycles. The van der Waals surface area contributed by atoms with Crippen molar-refractivity contribution >= 4 is 22.4 Å². The summed E-state index contributed by atoms with van der Waals surface area (Å²) in [5.41, 5.74) is 5.75. The SMILES string of the molecule is c1ccc2c(c1)nc1n2CC[n+]2cscc2-1. The molecule has 3 nitrogen and oxygen atoms in total. The van der Waals surface area contributed by atoms with Gasteiger partial charge in [-0.3, -0.25) is 0 Å². The Kier molecular flexibility index (Phi) is 1.54. The number of nitrogens with zero attached hydrogens (tertiary/aromatic N) is 3. The van der Waals surface area contributed by atoms with Gasteiger partial charge in [0.1, 0.15) is 0 Å². The molecule has 1 aliphatic rings. The summed E-state index contributed by atoms with van der Waals surface area (Å²) in [4.78, 5) is 4.72. The highest BCUT2D eigenvalue weighted by atomic mass is 32.1. The van der Waals surface area contributed by atoms with Gasteiger partial charge >= 0.3 is 0 Å². The maximum absolute atomic E-state index is 4.72. The van der Waals surface area contributed by atoms with Crippen LogP contribution in [0.1, 0.15) is 0 Å². The summed E-state index contributed by atoms with van der Waals surface area (Å²) in [5.74, 6) is 1.11. The maximum atomic E-state index is 4.72. The van der Waals surface area contributed by atoms with E-state index in [0.717, 1.165) is 24.4 Å². The summed E-state index contributed by atoms with van der Waals surface area (Å²) >= 11 is 1.74. The summed E-state index contributed by atoms with van der Waals surface area (Å²) in [7, 11) is 0.